The van der Waals surface area contributed by atoms with E-state index in [4.69, 9.17) is 5.73 Å². The Morgan fingerprint density at radius 2 is 2.13 bits per heavy atom. The first-order chi connectivity index (χ1) is 11.2. The normalized spacial score (nSPS) is 11.0. The predicted octanol–water partition coefficient (Wildman–Crippen LogP) is 2.68. The second-order valence-corrected chi connectivity index (χ2v) is 5.26. The number of fused-ring (bicyclic) bond motifs is 1. The summed E-state index contributed by atoms with van der Waals surface area (Å²) >= 11 is 0. The minimum atomic E-state index is 0.524. The molecule has 0 amide bonds. The number of nitrogens with zero attached hydrogens (tertiary/aromatic N) is 4. The smallest absolute Gasteiger partial charge is 0.227 e. The highest BCUT2D eigenvalue weighted by atomic mass is 15.3. The van der Waals surface area contributed by atoms with Gasteiger partial charge in [0.25, 0.3) is 0 Å². The van der Waals surface area contributed by atoms with Gasteiger partial charge in [0.1, 0.15) is 0 Å². The Morgan fingerprint density at radius 3 is 2.96 bits per heavy atom. The quantitative estimate of drug-likeness (QED) is 0.506. The maximum absolute atomic E-state index is 6.00. The first-order valence-corrected chi connectivity index (χ1v) is 7.15. The predicted molar refractivity (Wildman–Crippen MR) is 90.2 cm³/mol. The minimum Gasteiger partial charge on any atom is -0.397 e. The summed E-state index contributed by atoms with van der Waals surface area (Å²) in [5, 5.41) is 8.31. The Hall–Kier alpha value is -3.35. The van der Waals surface area contributed by atoms with Gasteiger partial charge in [-0.05, 0) is 18.2 Å². The van der Waals surface area contributed by atoms with Crippen molar-refractivity contribution in [3.8, 4) is 11.3 Å². The Balaban J connectivity index is 1.75. The molecule has 0 fully saturated rings. The highest BCUT2D eigenvalue weighted by Gasteiger charge is 2.09. The van der Waals surface area contributed by atoms with Gasteiger partial charge in [-0.1, -0.05) is 6.07 Å². The van der Waals surface area contributed by atoms with E-state index in [1.165, 1.54) is 0 Å². The standard InChI is InChI=1S/C16H15N7/c1-23-9-10(8-20-23)21-16-19-7-5-14(22-16)11-2-3-13(17)15-12(11)4-6-18-15/h2-9,18H,17H2,1H3,(H,19,21,22). The summed E-state index contributed by atoms with van der Waals surface area (Å²) in [4.78, 5) is 12.0. The lowest BCUT2D eigenvalue weighted by atomic mass is 10.1. The van der Waals surface area contributed by atoms with E-state index in [9.17, 15) is 0 Å². The topological polar surface area (TPSA) is 97.4 Å². The molecule has 0 aliphatic heterocycles. The lowest BCUT2D eigenvalue weighted by Crippen LogP contribution is -1.97. The SMILES string of the molecule is Cn1cc(Nc2nccc(-c3ccc(N)c4[nH]ccc34)n2)cn1. The summed E-state index contributed by atoms with van der Waals surface area (Å²) < 4.78 is 1.72. The van der Waals surface area contributed by atoms with Crippen LogP contribution in [0.5, 0.6) is 0 Å². The van der Waals surface area contributed by atoms with Crippen LogP contribution in [-0.2, 0) is 7.05 Å². The Bertz CT molecular complexity index is 983. The van der Waals surface area contributed by atoms with Gasteiger partial charge in [0.2, 0.25) is 5.95 Å². The molecule has 3 heterocycles. The van der Waals surface area contributed by atoms with E-state index in [1.807, 2.05) is 43.7 Å². The number of aromatic nitrogens is 5. The number of hydrogen-bond acceptors (Lipinski definition) is 5. The molecule has 4 aromatic rings. The summed E-state index contributed by atoms with van der Waals surface area (Å²) in [6.45, 7) is 0. The number of anilines is 3. The van der Waals surface area contributed by atoms with Crippen LogP contribution in [0.15, 0.2) is 49.1 Å². The zero-order chi connectivity index (χ0) is 15.8. The number of nitrogen functional groups attached to an aromatic ring is 1. The summed E-state index contributed by atoms with van der Waals surface area (Å²) in [5.74, 6) is 0.524. The third kappa shape index (κ3) is 2.38. The van der Waals surface area contributed by atoms with Gasteiger partial charge in [-0.3, -0.25) is 4.68 Å². The maximum Gasteiger partial charge on any atom is 0.227 e. The molecule has 23 heavy (non-hydrogen) atoms. The van der Waals surface area contributed by atoms with E-state index in [0.29, 0.717) is 5.95 Å². The average molecular weight is 305 g/mol. The van der Waals surface area contributed by atoms with Crippen LogP contribution in [0.25, 0.3) is 22.2 Å². The molecule has 3 aromatic heterocycles. The van der Waals surface area contributed by atoms with Crippen molar-refractivity contribution in [2.45, 2.75) is 0 Å². The van der Waals surface area contributed by atoms with E-state index in [2.05, 4.69) is 25.4 Å². The van der Waals surface area contributed by atoms with Crippen LogP contribution in [0.1, 0.15) is 0 Å². The molecule has 7 heteroatoms. The molecule has 0 saturated carbocycles. The van der Waals surface area contributed by atoms with Crippen LogP contribution in [0.2, 0.25) is 0 Å². The zero-order valence-electron chi connectivity index (χ0n) is 12.5. The molecule has 0 aliphatic carbocycles. The van der Waals surface area contributed by atoms with Gasteiger partial charge in [0.05, 0.1) is 28.8 Å². The van der Waals surface area contributed by atoms with Crippen molar-refractivity contribution in [1.82, 2.24) is 24.7 Å². The Morgan fingerprint density at radius 1 is 1.22 bits per heavy atom. The fourth-order valence-electron chi connectivity index (χ4n) is 2.59. The second kappa shape index (κ2) is 5.13. The largest absolute Gasteiger partial charge is 0.397 e. The molecule has 1 aromatic carbocycles. The van der Waals surface area contributed by atoms with Crippen LogP contribution < -0.4 is 11.1 Å². The van der Waals surface area contributed by atoms with Crippen LogP contribution in [0.3, 0.4) is 0 Å². The van der Waals surface area contributed by atoms with E-state index < -0.39 is 0 Å². The lowest BCUT2D eigenvalue weighted by Gasteiger charge is -2.07. The van der Waals surface area contributed by atoms with Crippen LogP contribution in [0, 0.1) is 0 Å². The fourth-order valence-corrected chi connectivity index (χ4v) is 2.59. The van der Waals surface area contributed by atoms with Crippen molar-refractivity contribution < 1.29 is 0 Å². The average Bonchev–Trinajstić information content (AvgIpc) is 3.18. The molecule has 0 unspecified atom stereocenters. The van der Waals surface area contributed by atoms with Crippen LogP contribution >= 0.6 is 0 Å². The van der Waals surface area contributed by atoms with Gasteiger partial charge in [0.15, 0.2) is 0 Å². The zero-order valence-corrected chi connectivity index (χ0v) is 12.5. The number of rotatable bonds is 3. The Labute approximate surface area is 132 Å². The fraction of sp³-hybridized carbons (Fsp3) is 0.0625. The second-order valence-electron chi connectivity index (χ2n) is 5.26. The van der Waals surface area contributed by atoms with Crippen LogP contribution in [-0.4, -0.2) is 24.7 Å². The number of H-pyrrole nitrogens is 1. The molecular formula is C16H15N7. The van der Waals surface area contributed by atoms with E-state index >= 15 is 0 Å². The Kier molecular flexibility index (Phi) is 2.97. The van der Waals surface area contributed by atoms with Gasteiger partial charge in [-0.25, -0.2) is 9.97 Å². The van der Waals surface area contributed by atoms with Crippen LogP contribution in [0.4, 0.5) is 17.3 Å². The van der Waals surface area contributed by atoms with Gasteiger partial charge < -0.3 is 16.0 Å². The van der Waals surface area contributed by atoms with Gasteiger partial charge in [-0.2, -0.15) is 5.10 Å². The van der Waals surface area contributed by atoms with Gasteiger partial charge >= 0.3 is 0 Å². The maximum atomic E-state index is 6.00. The summed E-state index contributed by atoms with van der Waals surface area (Å²) in [7, 11) is 1.86. The van der Waals surface area contributed by atoms with Crippen molar-refractivity contribution >= 4 is 28.2 Å². The van der Waals surface area contributed by atoms with Crippen molar-refractivity contribution in [2.24, 2.45) is 7.05 Å². The monoisotopic (exact) mass is 305 g/mol. The summed E-state index contributed by atoms with van der Waals surface area (Å²) in [5.41, 5.74) is 10.3. The number of nitrogens with two attached hydrogens (primary N) is 1. The molecule has 4 rings (SSSR count). The number of hydrogen-bond donors (Lipinski definition) is 3. The molecular weight excluding hydrogens is 290 g/mol. The lowest BCUT2D eigenvalue weighted by molar-refractivity contribution is 0.768. The molecule has 0 saturated heterocycles. The molecule has 0 radical (unpaired) electrons. The third-order valence-corrected chi connectivity index (χ3v) is 3.65. The molecule has 0 bridgehead atoms. The molecule has 114 valence electrons. The van der Waals surface area contributed by atoms with Crippen molar-refractivity contribution in [2.75, 3.05) is 11.1 Å². The van der Waals surface area contributed by atoms with E-state index in [1.54, 1.807) is 17.1 Å². The molecule has 7 nitrogen and oxygen atoms in total. The summed E-state index contributed by atoms with van der Waals surface area (Å²) in [6.07, 6.45) is 7.20. The molecule has 0 spiro atoms. The number of aryl methyl sites for hydroxylation is 1. The first-order valence-electron chi connectivity index (χ1n) is 7.15. The molecule has 4 N–H and O–H groups in total. The third-order valence-electron chi connectivity index (χ3n) is 3.65. The van der Waals surface area contributed by atoms with Crippen molar-refractivity contribution in [1.29, 1.82) is 0 Å². The number of benzene rings is 1. The summed E-state index contributed by atoms with van der Waals surface area (Å²) in [6, 6.07) is 7.73. The highest BCUT2D eigenvalue weighted by molar-refractivity contribution is 6.00. The molecule has 0 aliphatic rings. The van der Waals surface area contributed by atoms with E-state index in [-0.39, 0.29) is 0 Å². The van der Waals surface area contributed by atoms with Crippen molar-refractivity contribution in [3.05, 3.63) is 49.1 Å². The van der Waals surface area contributed by atoms with E-state index in [0.717, 1.165) is 33.5 Å². The highest BCUT2D eigenvalue weighted by Crippen LogP contribution is 2.30. The number of aromatic amines is 1. The van der Waals surface area contributed by atoms with Gasteiger partial charge in [-0.15, -0.1) is 0 Å². The number of nitrogens with one attached hydrogen (secondary N) is 2. The minimum absolute atomic E-state index is 0.524. The first kappa shape index (κ1) is 13.3. The molecule has 0 atom stereocenters. The van der Waals surface area contributed by atoms with Gasteiger partial charge in [0, 0.05) is 36.6 Å². The van der Waals surface area contributed by atoms with Crippen molar-refractivity contribution in [3.63, 3.8) is 0 Å².